The number of alkyl halides is 3. The summed E-state index contributed by atoms with van der Waals surface area (Å²) in [6.45, 7) is 4.01. The van der Waals surface area contributed by atoms with Crippen molar-refractivity contribution < 1.29 is 64.4 Å². The van der Waals surface area contributed by atoms with Crippen molar-refractivity contribution >= 4 is 81.7 Å². The van der Waals surface area contributed by atoms with Gasteiger partial charge in [0.15, 0.2) is 7.37 Å². The minimum absolute atomic E-state index is 0.0412. The molecule has 1 aliphatic heterocycles. The second kappa shape index (κ2) is 23.8. The number of carbonyl (C=O) groups excluding carboxylic acids is 2. The van der Waals surface area contributed by atoms with Crippen LogP contribution in [0.5, 0.6) is 6.01 Å². The van der Waals surface area contributed by atoms with Gasteiger partial charge in [0.05, 0.1) is 29.9 Å². The van der Waals surface area contributed by atoms with Crippen LogP contribution in [0.4, 0.5) is 34.0 Å². The van der Waals surface area contributed by atoms with Crippen molar-refractivity contribution in [2.24, 2.45) is 10.7 Å². The van der Waals surface area contributed by atoms with Gasteiger partial charge in [-0.15, -0.1) is 11.8 Å². The number of carboxylic acids is 1. The van der Waals surface area contributed by atoms with E-state index < -0.39 is 71.1 Å². The molecule has 2 atom stereocenters. The summed E-state index contributed by atoms with van der Waals surface area (Å²) in [6.07, 6.45) is -4.30. The number of thioether (sulfide) groups is 1. The molecule has 0 spiro atoms. The van der Waals surface area contributed by atoms with Crippen LogP contribution in [0.1, 0.15) is 37.1 Å². The van der Waals surface area contributed by atoms with Crippen LogP contribution in [-0.4, -0.2) is 106 Å². The second-order valence-electron chi connectivity index (χ2n) is 13.3. The number of nitrogens with one attached hydrogen (secondary N) is 2. The third-order valence-corrected chi connectivity index (χ3v) is 13.0. The van der Waals surface area contributed by atoms with Gasteiger partial charge in [-0.3, -0.25) is 28.9 Å². The van der Waals surface area contributed by atoms with E-state index in [1.165, 1.54) is 52.1 Å². The molecule has 352 valence electrons. The maximum absolute atomic E-state index is 14.3. The Hall–Kier alpha value is -4.92. The Bertz CT molecular complexity index is 2590. The standard InChI is InChI=1S/C15H15ClFN3O3S2.C15H16F3N5O4S.C5H12NO4P/c1-23-13(21)8-24-12-7-11(10(17)6-9(12)16)18-14-19-4-2-3-5-20(19)15(22)25-14;1-9-19-12(22-14(20-9)27-2)21-13(24)23-28(25,26)11-6-4-3-5-10(11)7-8-15(16,17)18;1-11(9,10)3-2-4(6)5(7)8/h6-7H,2-5,8H2,1H3;3-6H,7-8H2,1-2H3,(H2,19,20,21,22,23,24);4H,2-3,6H2,1H3,(H,7,8)(H,9,10). The molecule has 2 aromatic carbocycles. The minimum Gasteiger partial charge on any atom is -0.480 e. The van der Waals surface area contributed by atoms with E-state index in [0.29, 0.717) is 22.8 Å². The molecule has 3 heterocycles. The number of amides is 2. The van der Waals surface area contributed by atoms with Gasteiger partial charge in [-0.1, -0.05) is 29.8 Å². The topological polar surface area (TPSA) is 289 Å². The van der Waals surface area contributed by atoms with E-state index in [0.717, 1.165) is 48.1 Å². The predicted octanol–water partition coefficient (Wildman–Crippen LogP) is 4.68. The zero-order valence-corrected chi connectivity index (χ0v) is 38.4. The molecule has 0 saturated heterocycles. The van der Waals surface area contributed by atoms with Gasteiger partial charge in [0.2, 0.25) is 10.7 Å². The lowest BCUT2D eigenvalue weighted by Crippen LogP contribution is -2.35. The Kier molecular flexibility index (Phi) is 19.9. The van der Waals surface area contributed by atoms with E-state index in [4.69, 9.17) is 32.1 Å². The van der Waals surface area contributed by atoms with Crippen LogP contribution in [0.25, 0.3) is 0 Å². The lowest BCUT2D eigenvalue weighted by molar-refractivity contribution is -0.139. The van der Waals surface area contributed by atoms with Gasteiger partial charge >= 0.3 is 35.0 Å². The minimum atomic E-state index is -4.45. The monoisotopic (exact) mass is 1000 g/mol. The van der Waals surface area contributed by atoms with Crippen molar-refractivity contribution in [3.63, 3.8) is 0 Å². The molecule has 0 aliphatic carbocycles. The summed E-state index contributed by atoms with van der Waals surface area (Å²) in [5.41, 5.74) is 5.10. The Morgan fingerprint density at radius 3 is 2.39 bits per heavy atom. The zero-order chi connectivity index (χ0) is 48.0. The fourth-order valence-electron chi connectivity index (χ4n) is 5.09. The van der Waals surface area contributed by atoms with Gasteiger partial charge in [0.25, 0.3) is 10.0 Å². The summed E-state index contributed by atoms with van der Waals surface area (Å²) in [4.78, 5) is 70.3. The second-order valence-corrected chi connectivity index (χ2v) is 19.8. The van der Waals surface area contributed by atoms with E-state index in [1.54, 1.807) is 14.1 Å². The highest BCUT2D eigenvalue weighted by atomic mass is 35.5. The number of hydrogen-bond acceptors (Lipinski definition) is 16. The van der Waals surface area contributed by atoms with E-state index in [2.05, 4.69) is 30.0 Å². The molecule has 0 saturated carbocycles. The average Bonchev–Trinajstić information content (AvgIpc) is 3.53. The molecule has 29 heteroatoms. The molecule has 2 amide bonds. The van der Waals surface area contributed by atoms with Crippen LogP contribution >= 0.6 is 42.1 Å². The van der Waals surface area contributed by atoms with E-state index in [-0.39, 0.29) is 57.3 Å². The van der Waals surface area contributed by atoms with Crippen molar-refractivity contribution in [3.05, 3.63) is 73.1 Å². The zero-order valence-electron chi connectivity index (χ0n) is 34.3. The first-order chi connectivity index (χ1) is 29.8. The summed E-state index contributed by atoms with van der Waals surface area (Å²) in [5, 5.41) is 10.6. The Labute approximate surface area is 375 Å². The fraction of sp³-hybridized carbons (Fsp3) is 0.429. The summed E-state index contributed by atoms with van der Waals surface area (Å²) < 4.78 is 102. The molecule has 64 heavy (non-hydrogen) atoms. The maximum Gasteiger partial charge on any atom is 0.389 e. The van der Waals surface area contributed by atoms with Crippen molar-refractivity contribution in [1.82, 2.24) is 29.0 Å². The molecule has 5 rings (SSSR count). The Balaban J connectivity index is 0.000000278. The lowest BCUT2D eigenvalue weighted by atomic mass is 10.1. The predicted molar refractivity (Wildman–Crippen MR) is 227 cm³/mol. The third-order valence-electron chi connectivity index (χ3n) is 8.16. The first-order valence-electron chi connectivity index (χ1n) is 18.4. The smallest absolute Gasteiger partial charge is 0.389 e. The van der Waals surface area contributed by atoms with E-state index in [9.17, 15) is 49.7 Å². The number of ether oxygens (including phenoxy) is 2. The molecule has 2 aromatic heterocycles. The molecule has 1 aliphatic rings. The fourth-order valence-corrected chi connectivity index (χ4v) is 9.01. The summed E-state index contributed by atoms with van der Waals surface area (Å²) >= 11 is 8.17. The number of nitrogens with two attached hydrogens (primary N) is 1. The van der Waals surface area contributed by atoms with E-state index in [1.807, 2.05) is 0 Å². The van der Waals surface area contributed by atoms with Gasteiger partial charge in [0.1, 0.15) is 23.4 Å². The third kappa shape index (κ3) is 17.6. The molecule has 0 radical (unpaired) electrons. The van der Waals surface area contributed by atoms with Crippen LogP contribution < -0.4 is 30.2 Å². The number of anilines is 1. The number of rotatable bonds is 14. The first-order valence-corrected chi connectivity index (χ1v) is 24.3. The Morgan fingerprint density at radius 2 is 1.78 bits per heavy atom. The number of carboxylic acid groups (broad SMARTS) is 1. The highest BCUT2D eigenvalue weighted by Gasteiger charge is 2.29. The molecule has 2 unspecified atom stereocenters. The van der Waals surface area contributed by atoms with E-state index >= 15 is 0 Å². The number of fused-ring (bicyclic) bond motifs is 1. The Morgan fingerprint density at radius 1 is 1.12 bits per heavy atom. The number of methoxy groups -OCH3 is 2. The number of aromatic nitrogens is 5. The highest BCUT2D eigenvalue weighted by molar-refractivity contribution is 8.00. The SMILES string of the molecule is COC(=O)CSc1cc(N=c2sc(=O)n3n2CCCC3)c(F)cc1Cl.COc1nc(C)nc(NC(=O)NS(=O)(=O)c2ccccc2CCC(F)(F)F)n1.CP(=O)(O)CCC(N)C(=O)O. The van der Waals surface area contributed by atoms with Crippen molar-refractivity contribution in [1.29, 1.82) is 0 Å². The number of esters is 1. The molecule has 4 aromatic rings. The largest absolute Gasteiger partial charge is 0.480 e. The number of urea groups is 1. The van der Waals surface area contributed by atoms with Crippen LogP contribution in [0.15, 0.2) is 56.0 Å². The van der Waals surface area contributed by atoms with Gasteiger partial charge in [0, 0.05) is 37.2 Å². The van der Waals surface area contributed by atoms with Crippen molar-refractivity contribution in [3.8, 4) is 6.01 Å². The summed E-state index contributed by atoms with van der Waals surface area (Å²) in [7, 11) is -4.95. The number of hydrogen-bond donors (Lipinski definition) is 5. The lowest BCUT2D eigenvalue weighted by Gasteiger charge is -2.15. The average molecular weight is 1000 g/mol. The quantitative estimate of drug-likeness (QED) is 0.0496. The number of halogens is 5. The molecule has 0 bridgehead atoms. The number of benzene rings is 2. The number of aryl methyl sites for hydroxylation is 2. The number of nitrogens with zero attached hydrogens (tertiary/aromatic N) is 6. The molecule has 6 N–H and O–H groups in total. The normalized spacial score (nSPS) is 14.0. The van der Waals surface area contributed by atoms with Gasteiger partial charge < -0.3 is 25.2 Å². The van der Waals surface area contributed by atoms with Crippen LogP contribution in [-0.2, 0) is 48.4 Å². The van der Waals surface area contributed by atoms with Crippen LogP contribution in [0.2, 0.25) is 5.02 Å². The van der Waals surface area contributed by atoms with Crippen LogP contribution in [0.3, 0.4) is 0 Å². The number of sulfonamides is 1. The first kappa shape index (κ1) is 53.4. The molecular formula is C35H43ClF4N9O11PS3. The summed E-state index contributed by atoms with van der Waals surface area (Å²) in [5.74, 6) is -2.11. The molecular weight excluding hydrogens is 961 g/mol. The maximum atomic E-state index is 14.3. The summed E-state index contributed by atoms with van der Waals surface area (Å²) in [6, 6.07) is 5.42. The molecule has 20 nitrogen and oxygen atoms in total. The van der Waals surface area contributed by atoms with Gasteiger partial charge in [-0.05, 0) is 67.7 Å². The highest BCUT2D eigenvalue weighted by Crippen LogP contribution is 2.36. The molecule has 0 fully saturated rings. The van der Waals surface area contributed by atoms with Crippen LogP contribution in [0, 0.1) is 12.7 Å². The van der Waals surface area contributed by atoms with Gasteiger partial charge in [-0.2, -0.15) is 28.1 Å². The van der Waals surface area contributed by atoms with Crippen molar-refractivity contribution in [2.75, 3.05) is 38.1 Å². The van der Waals surface area contributed by atoms with Crippen molar-refractivity contribution in [2.45, 2.75) is 74.1 Å². The number of carbonyl (C=O) groups is 3. The van der Waals surface area contributed by atoms with Gasteiger partial charge in [-0.25, -0.2) is 32.0 Å². The number of aliphatic carboxylic acids is 1.